The zero-order valence-electron chi connectivity index (χ0n) is 17.6. The number of methoxy groups -OCH3 is 2. The number of carbonyl (C=O) groups is 2. The molecule has 7 nitrogen and oxygen atoms in total. The summed E-state index contributed by atoms with van der Waals surface area (Å²) in [4.78, 5) is 24.4. The van der Waals surface area contributed by atoms with E-state index in [0.717, 1.165) is 12.8 Å². The van der Waals surface area contributed by atoms with E-state index in [2.05, 4.69) is 5.32 Å². The summed E-state index contributed by atoms with van der Waals surface area (Å²) in [6, 6.07) is 11.7. The molecule has 0 spiro atoms. The Morgan fingerprint density at radius 3 is 2.60 bits per heavy atom. The molecule has 0 aromatic heterocycles. The Bertz CT molecular complexity index is 851. The van der Waals surface area contributed by atoms with Crippen LogP contribution in [0.1, 0.15) is 54.6 Å². The topological polar surface area (TPSA) is 94.1 Å². The van der Waals surface area contributed by atoms with E-state index in [0.29, 0.717) is 34.9 Å². The Labute approximate surface area is 177 Å². The molecule has 1 atom stereocenters. The first-order valence-electron chi connectivity index (χ1n) is 9.95. The standard InChI is InChI=1S/C23H29NO6/c1-4-5-13-30-23(27)16-7-6-8-17(14-16)24-22(26)12-11-20(25)19-10-9-18(28-2)15-21(19)29-3/h6-10,14-15,20,25H,4-5,11-13H2,1-3H3,(H,24,26). The molecule has 0 aliphatic carbocycles. The lowest BCUT2D eigenvalue weighted by atomic mass is 10.0. The summed E-state index contributed by atoms with van der Waals surface area (Å²) < 4.78 is 15.6. The molecule has 0 fully saturated rings. The molecule has 2 aromatic carbocycles. The minimum Gasteiger partial charge on any atom is -0.497 e. The number of anilines is 1. The molecular weight excluding hydrogens is 386 g/mol. The fourth-order valence-electron chi connectivity index (χ4n) is 2.86. The number of hydrogen-bond acceptors (Lipinski definition) is 6. The number of ether oxygens (including phenoxy) is 3. The number of esters is 1. The number of carbonyl (C=O) groups excluding carboxylic acids is 2. The van der Waals surface area contributed by atoms with Crippen molar-refractivity contribution >= 4 is 17.6 Å². The summed E-state index contributed by atoms with van der Waals surface area (Å²) >= 11 is 0. The van der Waals surface area contributed by atoms with Gasteiger partial charge in [0, 0.05) is 23.7 Å². The van der Waals surface area contributed by atoms with Crippen LogP contribution in [-0.4, -0.2) is 37.8 Å². The van der Waals surface area contributed by atoms with Crippen LogP contribution in [0.2, 0.25) is 0 Å². The van der Waals surface area contributed by atoms with Gasteiger partial charge in [0.2, 0.25) is 5.91 Å². The maximum atomic E-state index is 12.3. The van der Waals surface area contributed by atoms with E-state index >= 15 is 0 Å². The van der Waals surface area contributed by atoms with E-state index in [1.165, 1.54) is 7.11 Å². The monoisotopic (exact) mass is 415 g/mol. The van der Waals surface area contributed by atoms with Crippen molar-refractivity contribution in [3.63, 3.8) is 0 Å². The lowest BCUT2D eigenvalue weighted by molar-refractivity contribution is -0.116. The summed E-state index contributed by atoms with van der Waals surface area (Å²) in [5, 5.41) is 13.2. The third-order valence-electron chi connectivity index (χ3n) is 4.56. The predicted octanol–water partition coefficient (Wildman–Crippen LogP) is 4.11. The molecule has 0 saturated carbocycles. The lowest BCUT2D eigenvalue weighted by Crippen LogP contribution is -2.14. The molecular formula is C23H29NO6. The molecule has 30 heavy (non-hydrogen) atoms. The number of hydrogen-bond donors (Lipinski definition) is 2. The second kappa shape index (κ2) is 11.8. The third kappa shape index (κ3) is 6.77. The maximum absolute atomic E-state index is 12.3. The van der Waals surface area contributed by atoms with E-state index in [1.807, 2.05) is 6.92 Å². The highest BCUT2D eigenvalue weighted by atomic mass is 16.5. The highest BCUT2D eigenvalue weighted by Crippen LogP contribution is 2.31. The van der Waals surface area contributed by atoms with Gasteiger partial charge in [-0.15, -0.1) is 0 Å². The molecule has 0 saturated heterocycles. The van der Waals surface area contributed by atoms with Crippen molar-refractivity contribution < 1.29 is 28.9 Å². The van der Waals surface area contributed by atoms with E-state index in [4.69, 9.17) is 14.2 Å². The molecule has 0 bridgehead atoms. The largest absolute Gasteiger partial charge is 0.497 e. The first-order valence-corrected chi connectivity index (χ1v) is 9.95. The molecule has 2 rings (SSSR count). The first kappa shape index (κ1) is 23.2. The summed E-state index contributed by atoms with van der Waals surface area (Å²) in [6.45, 7) is 2.39. The molecule has 0 aliphatic heterocycles. The Balaban J connectivity index is 1.92. The van der Waals surface area contributed by atoms with E-state index in [1.54, 1.807) is 49.6 Å². The lowest BCUT2D eigenvalue weighted by Gasteiger charge is -2.15. The third-order valence-corrected chi connectivity index (χ3v) is 4.56. The average molecular weight is 415 g/mol. The number of benzene rings is 2. The summed E-state index contributed by atoms with van der Waals surface area (Å²) in [5.74, 6) is 0.435. The fraction of sp³-hybridized carbons (Fsp3) is 0.391. The summed E-state index contributed by atoms with van der Waals surface area (Å²) in [7, 11) is 3.06. The quantitative estimate of drug-likeness (QED) is 0.424. The van der Waals surface area contributed by atoms with E-state index in [9.17, 15) is 14.7 Å². The molecule has 1 amide bonds. The summed E-state index contributed by atoms with van der Waals surface area (Å²) in [6.07, 6.45) is 1.20. The minimum absolute atomic E-state index is 0.0987. The van der Waals surface area contributed by atoms with Crippen LogP contribution in [0.4, 0.5) is 5.69 Å². The zero-order valence-corrected chi connectivity index (χ0v) is 17.6. The van der Waals surface area contributed by atoms with Gasteiger partial charge in [0.1, 0.15) is 11.5 Å². The van der Waals surface area contributed by atoms with Crippen LogP contribution in [0.25, 0.3) is 0 Å². The van der Waals surface area contributed by atoms with Crippen LogP contribution in [0, 0.1) is 0 Å². The van der Waals surface area contributed by atoms with Crippen molar-refractivity contribution in [3.05, 3.63) is 53.6 Å². The molecule has 2 aromatic rings. The van der Waals surface area contributed by atoms with Crippen molar-refractivity contribution in [2.75, 3.05) is 26.1 Å². The van der Waals surface area contributed by atoms with Crippen LogP contribution in [-0.2, 0) is 9.53 Å². The van der Waals surface area contributed by atoms with Gasteiger partial charge in [-0.2, -0.15) is 0 Å². The van der Waals surface area contributed by atoms with Gasteiger partial charge in [-0.3, -0.25) is 4.79 Å². The van der Waals surface area contributed by atoms with Crippen molar-refractivity contribution in [1.29, 1.82) is 0 Å². The van der Waals surface area contributed by atoms with Gasteiger partial charge >= 0.3 is 5.97 Å². The van der Waals surface area contributed by atoms with Gasteiger partial charge in [-0.25, -0.2) is 4.79 Å². The number of nitrogens with one attached hydrogen (secondary N) is 1. The van der Waals surface area contributed by atoms with Gasteiger partial charge in [0.25, 0.3) is 0 Å². The maximum Gasteiger partial charge on any atom is 0.338 e. The van der Waals surface area contributed by atoms with E-state index < -0.39 is 12.1 Å². The number of amides is 1. The van der Waals surface area contributed by atoms with Crippen LogP contribution in [0.3, 0.4) is 0 Å². The predicted molar refractivity (Wildman–Crippen MR) is 114 cm³/mol. The van der Waals surface area contributed by atoms with Gasteiger partial charge in [-0.05, 0) is 43.2 Å². The smallest absolute Gasteiger partial charge is 0.338 e. The molecule has 162 valence electrons. The van der Waals surface area contributed by atoms with Crippen LogP contribution >= 0.6 is 0 Å². The zero-order chi connectivity index (χ0) is 21.9. The number of aliphatic hydroxyl groups excluding tert-OH is 1. The Kier molecular flexibility index (Phi) is 9.15. The fourth-order valence-corrected chi connectivity index (χ4v) is 2.86. The second-order valence-corrected chi connectivity index (χ2v) is 6.78. The first-order chi connectivity index (χ1) is 14.5. The number of unbranched alkanes of at least 4 members (excludes halogenated alkanes) is 1. The number of rotatable bonds is 11. The molecule has 0 aliphatic rings. The summed E-state index contributed by atoms with van der Waals surface area (Å²) in [5.41, 5.74) is 1.47. The Hall–Kier alpha value is -3.06. The van der Waals surface area contributed by atoms with E-state index in [-0.39, 0.29) is 18.7 Å². The van der Waals surface area contributed by atoms with Crippen LogP contribution < -0.4 is 14.8 Å². The average Bonchev–Trinajstić information content (AvgIpc) is 2.77. The molecule has 1 unspecified atom stereocenters. The van der Waals surface area contributed by atoms with Gasteiger partial charge in [0.05, 0.1) is 32.5 Å². The van der Waals surface area contributed by atoms with Crippen molar-refractivity contribution in [2.45, 2.75) is 38.7 Å². The molecule has 2 N–H and O–H groups in total. The molecule has 7 heteroatoms. The normalized spacial score (nSPS) is 11.5. The van der Waals surface area contributed by atoms with Crippen molar-refractivity contribution in [2.24, 2.45) is 0 Å². The van der Waals surface area contributed by atoms with Gasteiger partial charge in [-0.1, -0.05) is 19.4 Å². The second-order valence-electron chi connectivity index (χ2n) is 6.78. The highest BCUT2D eigenvalue weighted by Gasteiger charge is 2.16. The van der Waals surface area contributed by atoms with Crippen molar-refractivity contribution in [1.82, 2.24) is 0 Å². The highest BCUT2D eigenvalue weighted by molar-refractivity contribution is 5.94. The molecule has 0 heterocycles. The Morgan fingerprint density at radius 2 is 1.90 bits per heavy atom. The molecule has 0 radical (unpaired) electrons. The Morgan fingerprint density at radius 1 is 1.10 bits per heavy atom. The number of aliphatic hydroxyl groups is 1. The van der Waals surface area contributed by atoms with Crippen LogP contribution in [0.5, 0.6) is 11.5 Å². The van der Waals surface area contributed by atoms with Gasteiger partial charge in [0.15, 0.2) is 0 Å². The van der Waals surface area contributed by atoms with Crippen LogP contribution in [0.15, 0.2) is 42.5 Å². The minimum atomic E-state index is -0.864. The SMILES string of the molecule is CCCCOC(=O)c1cccc(NC(=O)CCC(O)c2ccc(OC)cc2OC)c1. The van der Waals surface area contributed by atoms with Crippen molar-refractivity contribution in [3.8, 4) is 11.5 Å². The van der Waals surface area contributed by atoms with Gasteiger partial charge < -0.3 is 24.6 Å².